The first-order valence-electron chi connectivity index (χ1n) is 5.13. The third-order valence-corrected chi connectivity index (χ3v) is 3.05. The largest absolute Gasteiger partial charge is 0.394 e. The summed E-state index contributed by atoms with van der Waals surface area (Å²) in [6, 6.07) is 1.35. The molecule has 1 fully saturated rings. The van der Waals surface area contributed by atoms with E-state index in [1.165, 1.54) is 12.3 Å². The molecule has 1 aromatic rings. The third-order valence-electron chi connectivity index (χ3n) is 2.76. The summed E-state index contributed by atoms with van der Waals surface area (Å²) in [6.45, 7) is -0.559. The first-order valence-corrected chi connectivity index (χ1v) is 5.54. The fraction of sp³-hybridized carbons (Fsp3) is 0.556. The number of aliphatic hydroxyl groups excluding tert-OH is 3. The predicted octanol–water partition coefficient (Wildman–Crippen LogP) is -2.09. The minimum Gasteiger partial charge on any atom is -0.394 e. The van der Waals surface area contributed by atoms with Crippen LogP contribution in [0.15, 0.2) is 12.3 Å². The second-order valence-corrected chi connectivity index (χ2v) is 4.30. The molecular formula is C9H13N3O5S. The van der Waals surface area contributed by atoms with E-state index < -0.39 is 30.8 Å². The number of nitrogen functional groups attached to an aromatic ring is 1. The lowest BCUT2D eigenvalue weighted by Crippen LogP contribution is -2.46. The molecule has 9 heteroatoms. The molecule has 4 atom stereocenters. The Hall–Kier alpha value is -1.10. The lowest BCUT2D eigenvalue weighted by molar-refractivity contribution is -0.290. The maximum absolute atomic E-state index is 10.2. The van der Waals surface area contributed by atoms with Gasteiger partial charge in [-0.05, 0) is 18.3 Å². The van der Waals surface area contributed by atoms with E-state index in [1.807, 2.05) is 0 Å². The second-order valence-electron chi connectivity index (χ2n) is 3.94. The molecule has 2 rings (SSSR count). The number of aromatic nitrogens is 2. The van der Waals surface area contributed by atoms with Crippen LogP contribution >= 0.6 is 12.2 Å². The molecule has 1 saturated heterocycles. The fourth-order valence-corrected chi connectivity index (χ4v) is 2.09. The van der Waals surface area contributed by atoms with Crippen LogP contribution in [0, 0.1) is 4.77 Å². The molecule has 1 aromatic heterocycles. The highest BCUT2D eigenvalue weighted by Gasteiger charge is 2.54. The molecule has 0 saturated carbocycles. The summed E-state index contributed by atoms with van der Waals surface area (Å²) >= 11 is 4.89. The highest BCUT2D eigenvalue weighted by Crippen LogP contribution is 2.33. The third kappa shape index (κ3) is 1.90. The van der Waals surface area contributed by atoms with Gasteiger partial charge in [-0.15, -0.1) is 0 Å². The summed E-state index contributed by atoms with van der Waals surface area (Å²) in [4.78, 5) is 3.73. The Morgan fingerprint density at radius 2 is 2.22 bits per heavy atom. The van der Waals surface area contributed by atoms with Gasteiger partial charge >= 0.3 is 0 Å². The topological polar surface area (TPSA) is 134 Å². The van der Waals surface area contributed by atoms with E-state index >= 15 is 0 Å². The molecule has 6 N–H and O–H groups in total. The van der Waals surface area contributed by atoms with Gasteiger partial charge in [-0.3, -0.25) is 4.57 Å². The molecule has 0 bridgehead atoms. The number of aliphatic hydroxyl groups is 4. The Kier molecular flexibility index (Phi) is 3.36. The molecular weight excluding hydrogens is 262 g/mol. The molecule has 8 nitrogen and oxygen atoms in total. The number of hydrogen-bond acceptors (Lipinski definition) is 8. The summed E-state index contributed by atoms with van der Waals surface area (Å²) in [5.74, 6) is -2.14. The zero-order valence-electron chi connectivity index (χ0n) is 9.17. The lowest BCUT2D eigenvalue weighted by atomic mass is 10.1. The Labute approximate surface area is 107 Å². The molecule has 100 valence electrons. The Bertz CT molecular complexity index is 509. The van der Waals surface area contributed by atoms with Crippen molar-refractivity contribution in [2.45, 2.75) is 24.2 Å². The zero-order valence-corrected chi connectivity index (χ0v) is 9.99. The number of nitrogens with zero attached hydrogens (tertiary/aromatic N) is 2. The van der Waals surface area contributed by atoms with Gasteiger partial charge in [0.15, 0.2) is 6.10 Å². The van der Waals surface area contributed by atoms with Gasteiger partial charge in [0.25, 0.3) is 5.91 Å². The first kappa shape index (κ1) is 13.3. The molecule has 0 aromatic carbocycles. The van der Waals surface area contributed by atoms with E-state index in [4.69, 9.17) is 27.8 Å². The lowest BCUT2D eigenvalue weighted by Gasteiger charge is -2.28. The quantitative estimate of drug-likeness (QED) is 0.388. The smallest absolute Gasteiger partial charge is 0.285 e. The van der Waals surface area contributed by atoms with E-state index in [1.54, 1.807) is 0 Å². The molecule has 0 amide bonds. The van der Waals surface area contributed by atoms with E-state index in [-0.39, 0.29) is 10.6 Å². The van der Waals surface area contributed by atoms with Crippen molar-refractivity contribution in [1.82, 2.24) is 9.55 Å². The molecule has 18 heavy (non-hydrogen) atoms. The summed E-state index contributed by atoms with van der Waals surface area (Å²) in [6.07, 6.45) is -2.96. The predicted molar refractivity (Wildman–Crippen MR) is 61.6 cm³/mol. The van der Waals surface area contributed by atoms with Crippen LogP contribution in [0.25, 0.3) is 0 Å². The van der Waals surface area contributed by atoms with Crippen molar-refractivity contribution < 1.29 is 25.2 Å². The first-order chi connectivity index (χ1) is 8.40. The maximum Gasteiger partial charge on any atom is 0.285 e. The van der Waals surface area contributed by atoms with Gasteiger partial charge in [-0.2, -0.15) is 0 Å². The summed E-state index contributed by atoms with van der Waals surface area (Å²) in [5.41, 5.74) is 5.42. The molecule has 0 spiro atoms. The van der Waals surface area contributed by atoms with Crippen LogP contribution in [-0.2, 0) is 10.6 Å². The van der Waals surface area contributed by atoms with Crippen molar-refractivity contribution in [1.29, 1.82) is 0 Å². The van der Waals surface area contributed by atoms with Gasteiger partial charge in [0, 0.05) is 6.20 Å². The highest BCUT2D eigenvalue weighted by atomic mass is 32.1. The van der Waals surface area contributed by atoms with E-state index in [0.29, 0.717) is 0 Å². The van der Waals surface area contributed by atoms with Crippen LogP contribution in [0.3, 0.4) is 0 Å². The van der Waals surface area contributed by atoms with Crippen molar-refractivity contribution in [3.63, 3.8) is 0 Å². The Balaban J connectivity index is 2.46. The van der Waals surface area contributed by atoms with Crippen LogP contribution < -0.4 is 5.73 Å². The van der Waals surface area contributed by atoms with E-state index in [0.717, 1.165) is 4.57 Å². The van der Waals surface area contributed by atoms with Gasteiger partial charge in [-0.1, -0.05) is 0 Å². The van der Waals surface area contributed by atoms with Crippen LogP contribution in [0.1, 0.15) is 0 Å². The zero-order chi connectivity index (χ0) is 13.5. The van der Waals surface area contributed by atoms with E-state index in [9.17, 15) is 15.3 Å². The van der Waals surface area contributed by atoms with Crippen molar-refractivity contribution in [3.8, 4) is 0 Å². The van der Waals surface area contributed by atoms with Gasteiger partial charge < -0.3 is 30.9 Å². The van der Waals surface area contributed by atoms with Crippen LogP contribution in [-0.4, -0.2) is 54.9 Å². The van der Waals surface area contributed by atoms with Crippen molar-refractivity contribution in [2.24, 2.45) is 0 Å². The number of nitrogens with two attached hydrogens (primary N) is 1. The molecule has 0 radical (unpaired) electrons. The highest BCUT2D eigenvalue weighted by molar-refractivity contribution is 7.71. The van der Waals surface area contributed by atoms with Crippen molar-refractivity contribution in [2.75, 3.05) is 12.3 Å². The normalized spacial score (nSPS) is 35.9. The van der Waals surface area contributed by atoms with Crippen LogP contribution in [0.4, 0.5) is 5.82 Å². The molecule has 4 unspecified atom stereocenters. The average Bonchev–Trinajstić information content (AvgIpc) is 2.54. The number of rotatable bonds is 2. The minimum absolute atomic E-state index is 0.123. The van der Waals surface area contributed by atoms with Gasteiger partial charge in [0.1, 0.15) is 18.0 Å². The average molecular weight is 275 g/mol. The summed E-state index contributed by atoms with van der Waals surface area (Å²) < 4.78 is 5.89. The fourth-order valence-electron chi connectivity index (χ4n) is 1.79. The molecule has 1 aliphatic heterocycles. The Morgan fingerprint density at radius 1 is 1.56 bits per heavy atom. The van der Waals surface area contributed by atoms with Crippen LogP contribution in [0.2, 0.25) is 0 Å². The Morgan fingerprint density at radius 3 is 2.72 bits per heavy atom. The molecule has 0 aliphatic carbocycles. The summed E-state index contributed by atoms with van der Waals surface area (Å²) in [7, 11) is 0. The van der Waals surface area contributed by atoms with E-state index in [2.05, 4.69) is 4.98 Å². The van der Waals surface area contributed by atoms with Gasteiger partial charge in [0.2, 0.25) is 4.77 Å². The van der Waals surface area contributed by atoms with Crippen LogP contribution in [0.5, 0.6) is 0 Å². The number of hydrogen-bond donors (Lipinski definition) is 5. The standard InChI is InChI=1S/C9H13N3O5S/c10-5-1-2-12(8(18)11-5)9(16)7(15)6(14)4(3-13)17-9/h1-2,4,6-7,13-16H,3H2,(H2,10,11,18). The van der Waals surface area contributed by atoms with Crippen molar-refractivity contribution in [3.05, 3.63) is 17.0 Å². The second kappa shape index (κ2) is 4.53. The number of anilines is 1. The molecule has 1 aliphatic rings. The SMILES string of the molecule is Nc1ccn(C2(O)OC(CO)C(O)C2O)c(=S)n1. The van der Waals surface area contributed by atoms with Gasteiger partial charge in [-0.25, -0.2) is 4.98 Å². The summed E-state index contributed by atoms with van der Waals surface area (Å²) in [5, 5.41) is 38.6. The van der Waals surface area contributed by atoms with Crippen molar-refractivity contribution >= 4 is 18.0 Å². The number of ether oxygens (including phenoxy) is 1. The maximum atomic E-state index is 10.2. The molecule has 2 heterocycles. The minimum atomic E-state index is -2.29. The monoisotopic (exact) mass is 275 g/mol. The van der Waals surface area contributed by atoms with Gasteiger partial charge in [0.05, 0.1) is 6.61 Å².